The molecule has 1 aliphatic heterocycles. The van der Waals surface area contributed by atoms with Gasteiger partial charge in [0.05, 0.1) is 23.3 Å². The summed E-state index contributed by atoms with van der Waals surface area (Å²) in [4.78, 5) is 29.1. The number of anilines is 1. The first-order valence-corrected chi connectivity index (χ1v) is 11.0. The van der Waals surface area contributed by atoms with Crippen molar-refractivity contribution in [3.63, 3.8) is 0 Å². The number of carbonyl (C=O) groups is 1. The molecular formula is C21H23ClN4O4S. The summed E-state index contributed by atoms with van der Waals surface area (Å²) in [7, 11) is -2.38. The smallest absolute Gasteiger partial charge is 0.311 e. The van der Waals surface area contributed by atoms with E-state index in [2.05, 4.69) is 10.3 Å². The third kappa shape index (κ3) is 4.04. The maximum absolute atomic E-state index is 13.2. The van der Waals surface area contributed by atoms with Crippen LogP contribution in [0, 0.1) is 0 Å². The zero-order valence-corrected chi connectivity index (χ0v) is 18.7. The highest BCUT2D eigenvalue weighted by molar-refractivity contribution is 7.90. The Balaban J connectivity index is 0.00000272. The largest absolute Gasteiger partial charge is 0.340 e. The van der Waals surface area contributed by atoms with Crippen molar-refractivity contribution in [3.8, 4) is 11.3 Å². The Morgan fingerprint density at radius 3 is 2.58 bits per heavy atom. The first-order chi connectivity index (χ1) is 14.3. The van der Waals surface area contributed by atoms with Crippen molar-refractivity contribution in [1.29, 1.82) is 0 Å². The van der Waals surface area contributed by atoms with Gasteiger partial charge in [-0.05, 0) is 49.7 Å². The number of hydrogen-bond donors (Lipinski definition) is 2. The molecule has 164 valence electrons. The lowest BCUT2D eigenvalue weighted by atomic mass is 10.1. The van der Waals surface area contributed by atoms with Crippen LogP contribution in [0.25, 0.3) is 11.3 Å². The number of benzene rings is 2. The second-order valence-corrected chi connectivity index (χ2v) is 9.09. The Kier molecular flexibility index (Phi) is 6.40. The van der Waals surface area contributed by atoms with E-state index in [0.29, 0.717) is 23.4 Å². The Morgan fingerprint density at radius 2 is 1.90 bits per heavy atom. The van der Waals surface area contributed by atoms with Crippen LogP contribution < -0.4 is 15.9 Å². The van der Waals surface area contributed by atoms with E-state index in [0.717, 1.165) is 9.54 Å². The molecule has 0 bridgehead atoms. The minimum absolute atomic E-state index is 0. The van der Waals surface area contributed by atoms with E-state index >= 15 is 0 Å². The van der Waals surface area contributed by atoms with E-state index in [1.54, 1.807) is 36.2 Å². The minimum atomic E-state index is -4.09. The van der Waals surface area contributed by atoms with Gasteiger partial charge in [0, 0.05) is 11.7 Å². The van der Waals surface area contributed by atoms with Crippen LogP contribution in [-0.2, 0) is 21.2 Å². The molecule has 10 heteroatoms. The predicted octanol–water partition coefficient (Wildman–Crippen LogP) is 2.00. The van der Waals surface area contributed by atoms with Crippen molar-refractivity contribution in [1.82, 2.24) is 14.3 Å². The van der Waals surface area contributed by atoms with Gasteiger partial charge in [0.1, 0.15) is 0 Å². The predicted molar refractivity (Wildman–Crippen MR) is 121 cm³/mol. The fourth-order valence-corrected chi connectivity index (χ4v) is 5.09. The fourth-order valence-electron chi connectivity index (χ4n) is 3.82. The second-order valence-electron chi connectivity index (χ2n) is 7.28. The molecule has 3 aromatic rings. The van der Waals surface area contributed by atoms with Crippen molar-refractivity contribution in [2.75, 3.05) is 18.5 Å². The summed E-state index contributed by atoms with van der Waals surface area (Å²) in [5, 5.41) is 2.85. The standard InChI is InChI=1S/C21H22N4O4S.ClH/c1-14-10-16-11-17(8-9-19(16)25(14)20(26)12-22-2)30(28,29)24-13-18(23-21(24)27)15-6-4-3-5-7-15;/h3-9,11,13-14,22H,10,12H2,1-2H3,(H,23,27);1H. The Hall–Kier alpha value is -2.88. The number of aromatic amines is 1. The van der Waals surface area contributed by atoms with Crippen molar-refractivity contribution in [2.24, 2.45) is 0 Å². The molecule has 2 N–H and O–H groups in total. The molecule has 31 heavy (non-hydrogen) atoms. The summed E-state index contributed by atoms with van der Waals surface area (Å²) in [6.07, 6.45) is 1.84. The topological polar surface area (TPSA) is 104 Å². The summed E-state index contributed by atoms with van der Waals surface area (Å²) >= 11 is 0. The van der Waals surface area contributed by atoms with Gasteiger partial charge in [-0.1, -0.05) is 30.3 Å². The van der Waals surface area contributed by atoms with Gasteiger partial charge in [0.25, 0.3) is 10.0 Å². The molecule has 1 aliphatic rings. The van der Waals surface area contributed by atoms with Gasteiger partial charge in [0.2, 0.25) is 5.91 Å². The number of halogens is 1. The quantitative estimate of drug-likeness (QED) is 0.603. The van der Waals surface area contributed by atoms with Gasteiger partial charge >= 0.3 is 5.69 Å². The molecule has 2 heterocycles. The molecule has 0 fully saturated rings. The van der Waals surface area contributed by atoms with E-state index in [1.807, 2.05) is 25.1 Å². The molecule has 0 radical (unpaired) electrons. The Morgan fingerprint density at radius 1 is 1.19 bits per heavy atom. The SMILES string of the molecule is CNCC(=O)N1c2ccc(S(=O)(=O)n3cc(-c4ccccc4)[nH]c3=O)cc2CC1C.Cl. The average Bonchev–Trinajstić information content (AvgIpc) is 3.28. The number of fused-ring (bicyclic) bond motifs is 1. The van der Waals surface area contributed by atoms with E-state index < -0.39 is 15.7 Å². The molecule has 0 aliphatic carbocycles. The Bertz CT molecular complexity index is 1270. The van der Waals surface area contributed by atoms with Crippen molar-refractivity contribution >= 4 is 34.0 Å². The van der Waals surface area contributed by atoms with E-state index in [-0.39, 0.29) is 35.8 Å². The number of nitrogens with zero attached hydrogens (tertiary/aromatic N) is 2. The highest BCUT2D eigenvalue weighted by Crippen LogP contribution is 2.34. The van der Waals surface area contributed by atoms with Crippen LogP contribution in [0.2, 0.25) is 0 Å². The molecule has 1 atom stereocenters. The third-order valence-electron chi connectivity index (χ3n) is 5.19. The van der Waals surface area contributed by atoms with Crippen LogP contribution >= 0.6 is 12.4 Å². The van der Waals surface area contributed by atoms with Gasteiger partial charge in [-0.15, -0.1) is 12.4 Å². The average molecular weight is 463 g/mol. The summed E-state index contributed by atoms with van der Waals surface area (Å²) in [5.41, 5.74) is 1.87. The number of aromatic nitrogens is 2. The van der Waals surface area contributed by atoms with Crippen LogP contribution in [0.15, 0.2) is 64.4 Å². The third-order valence-corrected chi connectivity index (χ3v) is 6.83. The van der Waals surface area contributed by atoms with E-state index in [1.165, 1.54) is 12.3 Å². The molecule has 1 unspecified atom stereocenters. The summed E-state index contributed by atoms with van der Waals surface area (Å²) < 4.78 is 27.0. The molecule has 1 aromatic heterocycles. The zero-order valence-electron chi connectivity index (χ0n) is 17.0. The number of amides is 1. The van der Waals surface area contributed by atoms with Crippen molar-refractivity contribution in [3.05, 3.63) is 70.8 Å². The summed E-state index contributed by atoms with van der Waals surface area (Å²) in [5.74, 6) is -0.0753. The highest BCUT2D eigenvalue weighted by atomic mass is 35.5. The number of carbonyl (C=O) groups excluding carboxylic acids is 1. The normalized spacial score (nSPS) is 15.4. The molecule has 0 saturated carbocycles. The maximum atomic E-state index is 13.2. The summed E-state index contributed by atoms with van der Waals surface area (Å²) in [6.45, 7) is 2.12. The number of imidazole rings is 1. The fraction of sp³-hybridized carbons (Fsp3) is 0.238. The molecule has 1 amide bonds. The second kappa shape index (κ2) is 8.70. The lowest BCUT2D eigenvalue weighted by molar-refractivity contribution is -0.118. The number of H-pyrrole nitrogens is 1. The lowest BCUT2D eigenvalue weighted by Gasteiger charge is -2.22. The van der Waals surface area contributed by atoms with Crippen LogP contribution in [-0.4, -0.2) is 42.9 Å². The van der Waals surface area contributed by atoms with Crippen molar-refractivity contribution in [2.45, 2.75) is 24.3 Å². The molecular weight excluding hydrogens is 440 g/mol. The first-order valence-electron chi connectivity index (χ1n) is 9.55. The summed E-state index contributed by atoms with van der Waals surface area (Å²) in [6, 6.07) is 13.6. The van der Waals surface area contributed by atoms with Crippen LogP contribution in [0.5, 0.6) is 0 Å². The van der Waals surface area contributed by atoms with Crippen LogP contribution in [0.1, 0.15) is 12.5 Å². The molecule has 0 spiro atoms. The number of likely N-dealkylation sites (N-methyl/N-ethyl adjacent to an activating group) is 1. The lowest BCUT2D eigenvalue weighted by Crippen LogP contribution is -2.40. The molecule has 0 saturated heterocycles. The van der Waals surface area contributed by atoms with E-state index in [4.69, 9.17) is 0 Å². The Labute approximate surface area is 186 Å². The zero-order chi connectivity index (χ0) is 21.5. The molecule has 4 rings (SSSR count). The van der Waals surface area contributed by atoms with Gasteiger partial charge in [-0.3, -0.25) is 4.79 Å². The highest BCUT2D eigenvalue weighted by Gasteiger charge is 2.32. The minimum Gasteiger partial charge on any atom is -0.311 e. The van der Waals surface area contributed by atoms with Gasteiger partial charge in [0.15, 0.2) is 0 Å². The van der Waals surface area contributed by atoms with Gasteiger partial charge in [-0.2, -0.15) is 3.97 Å². The monoisotopic (exact) mass is 462 g/mol. The first kappa shape index (κ1) is 22.8. The number of hydrogen-bond acceptors (Lipinski definition) is 5. The van der Waals surface area contributed by atoms with Crippen LogP contribution in [0.3, 0.4) is 0 Å². The number of nitrogens with one attached hydrogen (secondary N) is 2. The van der Waals surface area contributed by atoms with Gasteiger partial charge < -0.3 is 15.2 Å². The van der Waals surface area contributed by atoms with Crippen molar-refractivity contribution < 1.29 is 13.2 Å². The number of rotatable bonds is 5. The maximum Gasteiger partial charge on any atom is 0.340 e. The van der Waals surface area contributed by atoms with E-state index in [9.17, 15) is 18.0 Å². The molecule has 2 aromatic carbocycles. The molecule has 8 nitrogen and oxygen atoms in total. The van der Waals surface area contributed by atoms with Crippen LogP contribution in [0.4, 0.5) is 5.69 Å². The van der Waals surface area contributed by atoms with Gasteiger partial charge in [-0.25, -0.2) is 13.2 Å².